The molecule has 0 bridgehead atoms. The van der Waals surface area contributed by atoms with Crippen molar-refractivity contribution in [3.63, 3.8) is 0 Å². The van der Waals surface area contributed by atoms with Crippen LogP contribution >= 0.6 is 11.3 Å². The van der Waals surface area contributed by atoms with Crippen LogP contribution in [0.2, 0.25) is 0 Å². The van der Waals surface area contributed by atoms with Crippen LogP contribution in [0, 0.1) is 0 Å². The fourth-order valence-corrected chi connectivity index (χ4v) is 1.38. The van der Waals surface area contributed by atoms with Crippen molar-refractivity contribution in [1.82, 2.24) is 15.2 Å². The lowest BCUT2D eigenvalue weighted by molar-refractivity contribution is 0.474. The molecule has 2 N–H and O–H groups in total. The van der Waals surface area contributed by atoms with Gasteiger partial charge in [-0.1, -0.05) is 0 Å². The summed E-state index contributed by atoms with van der Waals surface area (Å²) in [5.74, 6) is 0.929. The molecule has 6 heteroatoms. The predicted octanol–water partition coefficient (Wildman–Crippen LogP) is 1.21. The van der Waals surface area contributed by atoms with Crippen LogP contribution in [0.4, 0.5) is 0 Å². The minimum Gasteiger partial charge on any atom is -0.418 e. The maximum atomic E-state index is 5.57. The predicted molar refractivity (Wildman–Crippen MR) is 48.0 cm³/mol. The minimum absolute atomic E-state index is 0.228. The van der Waals surface area contributed by atoms with Crippen molar-refractivity contribution in [3.8, 4) is 10.8 Å². The molecule has 0 aliphatic heterocycles. The molecule has 0 aromatic carbocycles. The molecule has 0 amide bonds. The van der Waals surface area contributed by atoms with Crippen molar-refractivity contribution in [2.24, 2.45) is 5.73 Å². The van der Waals surface area contributed by atoms with Crippen molar-refractivity contribution in [1.29, 1.82) is 0 Å². The molecule has 2 aromatic heterocycles. The summed E-state index contributed by atoms with van der Waals surface area (Å²) in [5.41, 5.74) is 7.29. The fraction of sp³-hybridized carbons (Fsp3) is 0.286. The highest BCUT2D eigenvalue weighted by Gasteiger charge is 2.11. The van der Waals surface area contributed by atoms with Crippen molar-refractivity contribution in [2.45, 2.75) is 13.0 Å². The highest BCUT2D eigenvalue weighted by atomic mass is 32.1. The standard InChI is InChI=1S/C7H8N4OS/c1-4(8)6-10-11-7(12-6)5-2-9-3-13-5/h2-4H,8H2,1H3. The molecule has 2 rings (SSSR count). The van der Waals surface area contributed by atoms with E-state index in [4.69, 9.17) is 10.2 Å². The van der Waals surface area contributed by atoms with E-state index in [0.717, 1.165) is 4.88 Å². The molecule has 13 heavy (non-hydrogen) atoms. The van der Waals surface area contributed by atoms with E-state index in [1.165, 1.54) is 11.3 Å². The van der Waals surface area contributed by atoms with E-state index in [1.807, 2.05) is 0 Å². The lowest BCUT2D eigenvalue weighted by Gasteiger charge is -1.93. The Hall–Kier alpha value is -1.27. The normalized spacial score (nSPS) is 13.1. The molecule has 5 nitrogen and oxygen atoms in total. The third-order valence-electron chi connectivity index (χ3n) is 1.47. The van der Waals surface area contributed by atoms with Gasteiger partial charge in [0.15, 0.2) is 0 Å². The average molecular weight is 196 g/mol. The summed E-state index contributed by atoms with van der Waals surface area (Å²) >= 11 is 1.45. The Kier molecular flexibility index (Phi) is 2.07. The molecule has 2 aromatic rings. The van der Waals surface area contributed by atoms with Gasteiger partial charge in [0.1, 0.15) is 4.88 Å². The average Bonchev–Trinajstić information content (AvgIpc) is 2.75. The molecular weight excluding hydrogens is 188 g/mol. The monoisotopic (exact) mass is 196 g/mol. The third kappa shape index (κ3) is 1.58. The molecule has 0 radical (unpaired) electrons. The largest absolute Gasteiger partial charge is 0.418 e. The number of nitrogens with two attached hydrogens (primary N) is 1. The molecule has 0 aliphatic rings. The first-order chi connectivity index (χ1) is 6.27. The van der Waals surface area contributed by atoms with Gasteiger partial charge in [-0.25, -0.2) is 0 Å². The van der Waals surface area contributed by atoms with Crippen molar-refractivity contribution in [3.05, 3.63) is 17.6 Å². The Bertz CT molecular complexity index is 381. The summed E-state index contributed by atoms with van der Waals surface area (Å²) in [4.78, 5) is 4.77. The second-order valence-corrected chi connectivity index (χ2v) is 3.49. The van der Waals surface area contributed by atoms with Gasteiger partial charge in [-0.15, -0.1) is 21.5 Å². The fourth-order valence-electron chi connectivity index (χ4n) is 0.840. The first-order valence-corrected chi connectivity index (χ1v) is 4.63. The number of nitrogens with zero attached hydrogens (tertiary/aromatic N) is 3. The van der Waals surface area contributed by atoms with Crippen molar-refractivity contribution >= 4 is 11.3 Å². The summed E-state index contributed by atoms with van der Waals surface area (Å²) in [7, 11) is 0. The molecule has 0 fully saturated rings. The SMILES string of the molecule is CC(N)c1nnc(-c2cncs2)o1. The molecule has 0 spiro atoms. The van der Waals surface area contributed by atoms with Gasteiger partial charge in [0.2, 0.25) is 5.89 Å². The Morgan fingerprint density at radius 3 is 2.92 bits per heavy atom. The minimum atomic E-state index is -0.228. The number of hydrogen-bond acceptors (Lipinski definition) is 6. The molecular formula is C7H8N4OS. The van der Waals surface area contributed by atoms with E-state index in [1.54, 1.807) is 18.6 Å². The van der Waals surface area contributed by atoms with E-state index in [0.29, 0.717) is 11.8 Å². The Labute approximate surface area is 78.6 Å². The van der Waals surface area contributed by atoms with E-state index in [9.17, 15) is 0 Å². The summed E-state index contributed by atoms with van der Waals surface area (Å²) in [6, 6.07) is -0.228. The second kappa shape index (κ2) is 3.23. The smallest absolute Gasteiger partial charge is 0.259 e. The zero-order chi connectivity index (χ0) is 9.26. The second-order valence-electron chi connectivity index (χ2n) is 2.60. The zero-order valence-corrected chi connectivity index (χ0v) is 7.78. The first-order valence-electron chi connectivity index (χ1n) is 3.75. The van der Waals surface area contributed by atoms with E-state index in [2.05, 4.69) is 15.2 Å². The quantitative estimate of drug-likeness (QED) is 0.781. The number of aromatic nitrogens is 3. The lowest BCUT2D eigenvalue weighted by atomic mass is 10.4. The number of hydrogen-bond donors (Lipinski definition) is 1. The van der Waals surface area contributed by atoms with E-state index in [-0.39, 0.29) is 6.04 Å². The lowest BCUT2D eigenvalue weighted by Crippen LogP contribution is -2.04. The highest BCUT2D eigenvalue weighted by Crippen LogP contribution is 2.22. The molecule has 0 saturated carbocycles. The van der Waals surface area contributed by atoms with Crippen LogP contribution < -0.4 is 5.73 Å². The number of rotatable bonds is 2. The number of thiazole rings is 1. The van der Waals surface area contributed by atoms with E-state index >= 15 is 0 Å². The Morgan fingerprint density at radius 2 is 2.38 bits per heavy atom. The first kappa shape index (κ1) is 8.33. The van der Waals surface area contributed by atoms with Gasteiger partial charge in [-0.05, 0) is 6.92 Å². The molecule has 0 aliphatic carbocycles. The maximum Gasteiger partial charge on any atom is 0.259 e. The van der Waals surface area contributed by atoms with Gasteiger partial charge in [0, 0.05) is 0 Å². The molecule has 0 saturated heterocycles. The zero-order valence-electron chi connectivity index (χ0n) is 6.97. The summed E-state index contributed by atoms with van der Waals surface area (Å²) in [6.07, 6.45) is 1.68. The Balaban J connectivity index is 2.33. The molecule has 2 heterocycles. The van der Waals surface area contributed by atoms with Gasteiger partial charge >= 0.3 is 0 Å². The highest BCUT2D eigenvalue weighted by molar-refractivity contribution is 7.13. The Morgan fingerprint density at radius 1 is 1.54 bits per heavy atom. The summed E-state index contributed by atoms with van der Waals surface area (Å²) < 4.78 is 5.31. The van der Waals surface area contributed by atoms with Crippen LogP contribution in [-0.4, -0.2) is 15.2 Å². The topological polar surface area (TPSA) is 77.8 Å². The van der Waals surface area contributed by atoms with Gasteiger partial charge in [0.05, 0.1) is 17.7 Å². The van der Waals surface area contributed by atoms with Crippen molar-refractivity contribution in [2.75, 3.05) is 0 Å². The summed E-state index contributed by atoms with van der Waals surface area (Å²) in [6.45, 7) is 1.80. The third-order valence-corrected chi connectivity index (χ3v) is 2.23. The van der Waals surface area contributed by atoms with E-state index < -0.39 is 0 Å². The van der Waals surface area contributed by atoms with Crippen LogP contribution in [0.1, 0.15) is 18.9 Å². The molecule has 68 valence electrons. The van der Waals surface area contributed by atoms with Crippen LogP contribution in [0.25, 0.3) is 10.8 Å². The van der Waals surface area contributed by atoms with Gasteiger partial charge in [0.25, 0.3) is 5.89 Å². The van der Waals surface area contributed by atoms with Crippen molar-refractivity contribution < 1.29 is 4.42 Å². The van der Waals surface area contributed by atoms with Crippen LogP contribution in [0.3, 0.4) is 0 Å². The maximum absolute atomic E-state index is 5.57. The van der Waals surface area contributed by atoms with Gasteiger partial charge in [-0.2, -0.15) is 0 Å². The van der Waals surface area contributed by atoms with Crippen LogP contribution in [0.5, 0.6) is 0 Å². The van der Waals surface area contributed by atoms with Gasteiger partial charge in [-0.3, -0.25) is 4.98 Å². The van der Waals surface area contributed by atoms with Crippen LogP contribution in [-0.2, 0) is 0 Å². The van der Waals surface area contributed by atoms with Crippen LogP contribution in [0.15, 0.2) is 16.1 Å². The van der Waals surface area contributed by atoms with Gasteiger partial charge < -0.3 is 10.2 Å². The molecule has 1 atom stereocenters. The molecule has 1 unspecified atom stereocenters. The summed E-state index contributed by atoms with van der Waals surface area (Å²) in [5, 5.41) is 7.66.